The Bertz CT molecular complexity index is 1260. The summed E-state index contributed by atoms with van der Waals surface area (Å²) in [6.45, 7) is 0. The second kappa shape index (κ2) is 6.17. The molecule has 0 spiro atoms. The summed E-state index contributed by atoms with van der Waals surface area (Å²) < 4.78 is 30.5. The highest BCUT2D eigenvalue weighted by Crippen LogP contribution is 2.41. The fourth-order valence-corrected chi connectivity index (χ4v) is 4.72. The van der Waals surface area contributed by atoms with E-state index in [-0.39, 0.29) is 22.2 Å². The zero-order valence-electron chi connectivity index (χ0n) is 14.9. The topological polar surface area (TPSA) is 90.2 Å². The number of aromatic nitrogens is 2. The third-order valence-electron chi connectivity index (χ3n) is 5.07. The van der Waals surface area contributed by atoms with Crippen LogP contribution in [0.25, 0.3) is 10.9 Å². The Hall–Kier alpha value is -2.71. The Balaban J connectivity index is 1.68. The van der Waals surface area contributed by atoms with Gasteiger partial charge in [-0.3, -0.25) is 13.9 Å². The Morgan fingerprint density at radius 2 is 1.70 bits per heavy atom. The van der Waals surface area contributed by atoms with Gasteiger partial charge in [-0.25, -0.2) is 17.9 Å². The van der Waals surface area contributed by atoms with E-state index in [1.807, 2.05) is 30.3 Å². The molecular weight excluding hydrogens is 366 g/mol. The van der Waals surface area contributed by atoms with Crippen LogP contribution in [0, 0.1) is 0 Å². The van der Waals surface area contributed by atoms with Gasteiger partial charge in [0, 0.05) is 26.1 Å². The summed E-state index contributed by atoms with van der Waals surface area (Å²) in [5, 5.41) is 0.192. The maximum atomic E-state index is 12.8. The van der Waals surface area contributed by atoms with Gasteiger partial charge in [0.2, 0.25) is 10.0 Å². The Morgan fingerprint density at radius 1 is 1.00 bits per heavy atom. The molecule has 0 bridgehead atoms. The maximum absolute atomic E-state index is 12.8. The van der Waals surface area contributed by atoms with E-state index in [0.29, 0.717) is 5.52 Å². The largest absolute Gasteiger partial charge is 0.330 e. The molecule has 140 valence electrons. The van der Waals surface area contributed by atoms with E-state index >= 15 is 0 Å². The zero-order chi connectivity index (χ0) is 19.3. The Labute approximate surface area is 155 Å². The van der Waals surface area contributed by atoms with Crippen molar-refractivity contribution in [1.29, 1.82) is 0 Å². The normalized spacial score (nSPS) is 19.3. The molecule has 1 aliphatic carbocycles. The third-order valence-corrected chi connectivity index (χ3v) is 6.56. The molecule has 0 unspecified atom stereocenters. The highest BCUT2D eigenvalue weighted by atomic mass is 32.2. The van der Waals surface area contributed by atoms with Gasteiger partial charge in [-0.1, -0.05) is 30.3 Å². The molecular formula is C19H19N3O4S. The van der Waals surface area contributed by atoms with Crippen LogP contribution >= 0.6 is 0 Å². The SMILES string of the molecule is Cn1c(=O)c2cc(S(=O)(=O)N[C@H]3C[C@H]3c3ccccc3)ccc2n(C)c1=O. The van der Waals surface area contributed by atoms with Crippen LogP contribution in [0.3, 0.4) is 0 Å². The van der Waals surface area contributed by atoms with Gasteiger partial charge in [-0.2, -0.15) is 0 Å². The van der Waals surface area contributed by atoms with Crippen molar-refractivity contribution >= 4 is 20.9 Å². The number of hydrogen-bond donors (Lipinski definition) is 1. The molecule has 1 fully saturated rings. The second-order valence-electron chi connectivity index (χ2n) is 6.87. The highest BCUT2D eigenvalue weighted by molar-refractivity contribution is 7.89. The van der Waals surface area contributed by atoms with Gasteiger partial charge >= 0.3 is 5.69 Å². The average Bonchev–Trinajstić information content (AvgIpc) is 3.43. The summed E-state index contributed by atoms with van der Waals surface area (Å²) in [5.41, 5.74) is 0.534. The van der Waals surface area contributed by atoms with Gasteiger partial charge in [0.05, 0.1) is 15.8 Å². The van der Waals surface area contributed by atoms with Gasteiger partial charge in [0.1, 0.15) is 0 Å². The van der Waals surface area contributed by atoms with Crippen molar-refractivity contribution in [3.8, 4) is 0 Å². The first kappa shape index (κ1) is 17.7. The molecule has 2 aromatic carbocycles. The van der Waals surface area contributed by atoms with E-state index in [9.17, 15) is 18.0 Å². The predicted molar refractivity (Wildman–Crippen MR) is 102 cm³/mol. The van der Waals surface area contributed by atoms with Crippen LogP contribution in [0.1, 0.15) is 17.9 Å². The van der Waals surface area contributed by atoms with Gasteiger partial charge < -0.3 is 0 Å². The first-order valence-corrected chi connectivity index (χ1v) is 10.0. The minimum absolute atomic E-state index is 0.0180. The summed E-state index contributed by atoms with van der Waals surface area (Å²) >= 11 is 0. The maximum Gasteiger partial charge on any atom is 0.330 e. The van der Waals surface area contributed by atoms with Crippen LogP contribution in [-0.4, -0.2) is 23.6 Å². The summed E-state index contributed by atoms with van der Waals surface area (Å²) in [5.74, 6) is 0.162. The van der Waals surface area contributed by atoms with Crippen molar-refractivity contribution in [3.05, 3.63) is 74.9 Å². The smallest absolute Gasteiger partial charge is 0.296 e. The predicted octanol–water partition coefficient (Wildman–Crippen LogP) is 1.07. The number of fused-ring (bicyclic) bond motifs is 1. The van der Waals surface area contributed by atoms with Crippen molar-refractivity contribution in [2.45, 2.75) is 23.3 Å². The van der Waals surface area contributed by atoms with Crippen LogP contribution in [-0.2, 0) is 24.1 Å². The van der Waals surface area contributed by atoms with E-state index < -0.39 is 21.3 Å². The lowest BCUT2D eigenvalue weighted by atomic mass is 10.1. The number of sulfonamides is 1. The summed E-state index contributed by atoms with van der Waals surface area (Å²) in [6, 6.07) is 13.9. The monoisotopic (exact) mass is 385 g/mol. The molecule has 1 aromatic heterocycles. The van der Waals surface area contributed by atoms with Crippen molar-refractivity contribution in [1.82, 2.24) is 13.9 Å². The van der Waals surface area contributed by atoms with E-state index in [1.54, 1.807) is 7.05 Å². The molecule has 1 heterocycles. The van der Waals surface area contributed by atoms with Gasteiger partial charge in [-0.15, -0.1) is 0 Å². The molecule has 3 aromatic rings. The Kier molecular flexibility index (Phi) is 4.05. The lowest BCUT2D eigenvalue weighted by molar-refractivity contribution is 0.580. The minimum atomic E-state index is -3.77. The number of rotatable bonds is 4. The minimum Gasteiger partial charge on any atom is -0.296 e. The van der Waals surface area contributed by atoms with Crippen molar-refractivity contribution < 1.29 is 8.42 Å². The molecule has 1 saturated carbocycles. The number of aryl methyl sites for hydroxylation is 1. The van der Waals surface area contributed by atoms with E-state index in [1.165, 1.54) is 29.8 Å². The summed E-state index contributed by atoms with van der Waals surface area (Å²) in [7, 11) is -0.848. The zero-order valence-corrected chi connectivity index (χ0v) is 15.7. The number of nitrogens with one attached hydrogen (secondary N) is 1. The molecule has 1 aliphatic rings. The molecule has 2 atom stereocenters. The van der Waals surface area contributed by atoms with Crippen LogP contribution in [0.5, 0.6) is 0 Å². The molecule has 27 heavy (non-hydrogen) atoms. The van der Waals surface area contributed by atoms with Crippen LogP contribution < -0.4 is 16.0 Å². The molecule has 0 saturated heterocycles. The molecule has 1 N–H and O–H groups in total. The quantitative estimate of drug-likeness (QED) is 0.727. The van der Waals surface area contributed by atoms with Crippen molar-refractivity contribution in [3.63, 3.8) is 0 Å². The molecule has 0 aliphatic heterocycles. The fraction of sp³-hybridized carbons (Fsp3) is 0.263. The fourth-order valence-electron chi connectivity index (χ4n) is 3.40. The molecule has 8 heteroatoms. The van der Waals surface area contributed by atoms with E-state index in [4.69, 9.17) is 0 Å². The number of benzene rings is 2. The van der Waals surface area contributed by atoms with Gasteiger partial charge in [-0.05, 0) is 30.2 Å². The molecule has 0 amide bonds. The Morgan fingerprint density at radius 3 is 2.41 bits per heavy atom. The third kappa shape index (κ3) is 3.00. The van der Waals surface area contributed by atoms with Crippen LogP contribution in [0.2, 0.25) is 0 Å². The molecule has 0 radical (unpaired) electrons. The molecule has 7 nitrogen and oxygen atoms in total. The van der Waals surface area contributed by atoms with E-state index in [2.05, 4.69) is 4.72 Å². The van der Waals surface area contributed by atoms with E-state index in [0.717, 1.165) is 16.6 Å². The van der Waals surface area contributed by atoms with Crippen LogP contribution in [0.15, 0.2) is 63.0 Å². The molecule has 4 rings (SSSR count). The first-order chi connectivity index (χ1) is 12.8. The number of nitrogens with zero attached hydrogens (tertiary/aromatic N) is 2. The number of hydrogen-bond acceptors (Lipinski definition) is 4. The lowest BCUT2D eigenvalue weighted by Gasteiger charge is -2.10. The summed E-state index contributed by atoms with van der Waals surface area (Å²) in [4.78, 5) is 24.4. The van der Waals surface area contributed by atoms with Crippen molar-refractivity contribution in [2.24, 2.45) is 14.1 Å². The highest BCUT2D eigenvalue weighted by Gasteiger charge is 2.41. The standard InChI is InChI=1S/C19H19N3O4S/c1-21-17-9-8-13(10-15(17)18(23)22(2)19(21)24)27(25,26)20-16-11-14(16)12-6-4-3-5-7-12/h3-10,14,16,20H,11H2,1-2H3/t14-,16-/m0/s1. The second-order valence-corrected chi connectivity index (χ2v) is 8.58. The summed E-state index contributed by atoms with van der Waals surface area (Å²) in [6.07, 6.45) is 0.743. The van der Waals surface area contributed by atoms with Crippen molar-refractivity contribution in [2.75, 3.05) is 0 Å². The lowest BCUT2D eigenvalue weighted by Crippen LogP contribution is -2.37. The van der Waals surface area contributed by atoms with Gasteiger partial charge in [0.15, 0.2) is 0 Å². The average molecular weight is 385 g/mol. The van der Waals surface area contributed by atoms with Crippen LogP contribution in [0.4, 0.5) is 0 Å². The van der Waals surface area contributed by atoms with Gasteiger partial charge in [0.25, 0.3) is 5.56 Å². The first-order valence-electron chi connectivity index (χ1n) is 8.56.